The number of benzene rings is 2. The fourth-order valence-corrected chi connectivity index (χ4v) is 6.02. The zero-order valence-corrected chi connectivity index (χ0v) is 23.0. The first-order chi connectivity index (χ1) is 17.6. The molecular formula is C29H35N3O4S. The van der Waals surface area contributed by atoms with Gasteiger partial charge in [0.05, 0.1) is 11.5 Å². The van der Waals surface area contributed by atoms with E-state index in [-0.39, 0.29) is 12.1 Å². The number of rotatable bonds is 8. The molecular weight excluding hydrogens is 486 g/mol. The van der Waals surface area contributed by atoms with Crippen LogP contribution in [0.5, 0.6) is 5.75 Å². The van der Waals surface area contributed by atoms with E-state index in [4.69, 9.17) is 4.74 Å². The van der Waals surface area contributed by atoms with Gasteiger partial charge in [0.2, 0.25) is 5.91 Å². The molecule has 0 bridgehead atoms. The van der Waals surface area contributed by atoms with E-state index in [1.807, 2.05) is 13.0 Å². The number of nitrogens with one attached hydrogen (secondary N) is 1. The zero-order valence-electron chi connectivity index (χ0n) is 22.2. The standard InChI is InChI=1S/C29H35N3O4S/c1-6-14-32-24-13-8-20(15-23(24)19(3)17-29(32,4)5)16-25-27(34)31(28(35)37-25)18-26(33)30-21-9-11-22(12-10-21)36-7-2/h8-13,15-16,19H,6-7,14,17-18H2,1-5H3,(H,30,33)/b25-16+. The fourth-order valence-electron chi connectivity index (χ4n) is 5.18. The van der Waals surface area contributed by atoms with Crippen molar-refractivity contribution in [3.05, 3.63) is 58.5 Å². The Morgan fingerprint density at radius 1 is 1.16 bits per heavy atom. The van der Waals surface area contributed by atoms with Crippen LogP contribution in [0.25, 0.3) is 6.08 Å². The number of nitrogens with zero attached hydrogens (tertiary/aromatic N) is 2. The Labute approximate surface area is 223 Å². The van der Waals surface area contributed by atoms with Crippen molar-refractivity contribution in [2.75, 3.05) is 29.9 Å². The second kappa shape index (κ2) is 11.0. The van der Waals surface area contributed by atoms with Gasteiger partial charge >= 0.3 is 0 Å². The number of hydrogen-bond acceptors (Lipinski definition) is 6. The lowest BCUT2D eigenvalue weighted by Gasteiger charge is -2.47. The summed E-state index contributed by atoms with van der Waals surface area (Å²) in [6, 6.07) is 13.2. The van der Waals surface area contributed by atoms with Gasteiger partial charge < -0.3 is 15.0 Å². The van der Waals surface area contributed by atoms with Gasteiger partial charge in [-0.25, -0.2) is 0 Å². The predicted molar refractivity (Wildman–Crippen MR) is 150 cm³/mol. The van der Waals surface area contributed by atoms with E-state index >= 15 is 0 Å². The number of carbonyl (C=O) groups excluding carboxylic acids is 3. The van der Waals surface area contributed by atoms with E-state index in [9.17, 15) is 14.4 Å². The number of amides is 3. The summed E-state index contributed by atoms with van der Waals surface area (Å²) in [4.78, 5) is 41.9. The Balaban J connectivity index is 1.47. The molecule has 0 saturated carbocycles. The van der Waals surface area contributed by atoms with Crippen LogP contribution in [-0.2, 0) is 9.59 Å². The van der Waals surface area contributed by atoms with Crippen molar-refractivity contribution >= 4 is 46.3 Å². The molecule has 1 fully saturated rings. The second-order valence-corrected chi connectivity index (χ2v) is 11.2. The van der Waals surface area contributed by atoms with Crippen molar-refractivity contribution in [2.45, 2.75) is 58.9 Å². The maximum atomic E-state index is 13.0. The molecule has 1 N–H and O–H groups in total. The highest BCUT2D eigenvalue weighted by atomic mass is 32.2. The summed E-state index contributed by atoms with van der Waals surface area (Å²) in [5, 5.41) is 2.29. The molecule has 2 aliphatic heterocycles. The Morgan fingerprint density at radius 3 is 2.57 bits per heavy atom. The van der Waals surface area contributed by atoms with Crippen molar-refractivity contribution in [1.82, 2.24) is 4.90 Å². The lowest BCUT2D eigenvalue weighted by molar-refractivity contribution is -0.127. The molecule has 2 aromatic carbocycles. The zero-order chi connectivity index (χ0) is 26.7. The van der Waals surface area contributed by atoms with Crippen molar-refractivity contribution in [3.63, 3.8) is 0 Å². The van der Waals surface area contributed by atoms with E-state index in [2.05, 4.69) is 50.0 Å². The highest BCUT2D eigenvalue weighted by Crippen LogP contribution is 2.44. The number of thioether (sulfide) groups is 1. The Kier molecular flexibility index (Phi) is 7.97. The quantitative estimate of drug-likeness (QED) is 0.413. The van der Waals surface area contributed by atoms with E-state index in [1.165, 1.54) is 11.3 Å². The van der Waals surface area contributed by atoms with Gasteiger partial charge in [-0.05, 0) is 105 Å². The minimum Gasteiger partial charge on any atom is -0.494 e. The first-order valence-corrected chi connectivity index (χ1v) is 13.6. The van der Waals surface area contributed by atoms with Gasteiger partial charge in [-0.2, -0.15) is 0 Å². The molecule has 3 amide bonds. The van der Waals surface area contributed by atoms with Gasteiger partial charge in [0, 0.05) is 23.5 Å². The molecule has 1 atom stereocenters. The Morgan fingerprint density at radius 2 is 1.89 bits per heavy atom. The summed E-state index contributed by atoms with van der Waals surface area (Å²) < 4.78 is 5.40. The third kappa shape index (κ3) is 5.85. The molecule has 7 nitrogen and oxygen atoms in total. The van der Waals surface area contributed by atoms with E-state index in [0.717, 1.165) is 41.6 Å². The van der Waals surface area contributed by atoms with Crippen LogP contribution >= 0.6 is 11.8 Å². The second-order valence-electron chi connectivity index (χ2n) is 10.2. The first-order valence-electron chi connectivity index (χ1n) is 12.8. The molecule has 2 heterocycles. The number of fused-ring (bicyclic) bond motifs is 1. The molecule has 1 unspecified atom stereocenters. The molecule has 196 valence electrons. The van der Waals surface area contributed by atoms with Crippen LogP contribution in [0.2, 0.25) is 0 Å². The molecule has 0 radical (unpaired) electrons. The Hall–Kier alpha value is -3.26. The van der Waals surface area contributed by atoms with Crippen molar-refractivity contribution < 1.29 is 19.1 Å². The number of carbonyl (C=O) groups is 3. The van der Waals surface area contributed by atoms with Gasteiger partial charge in [0.15, 0.2) is 0 Å². The van der Waals surface area contributed by atoms with Crippen molar-refractivity contribution in [1.29, 1.82) is 0 Å². The molecule has 37 heavy (non-hydrogen) atoms. The molecule has 0 aliphatic carbocycles. The van der Waals surface area contributed by atoms with Crippen LogP contribution in [0.3, 0.4) is 0 Å². The first kappa shape index (κ1) is 26.8. The summed E-state index contributed by atoms with van der Waals surface area (Å²) in [6.07, 6.45) is 3.87. The summed E-state index contributed by atoms with van der Waals surface area (Å²) in [5.41, 5.74) is 4.03. The van der Waals surface area contributed by atoms with Crippen molar-refractivity contribution in [2.24, 2.45) is 0 Å². The lowest BCUT2D eigenvalue weighted by atomic mass is 9.79. The molecule has 1 saturated heterocycles. The molecule has 0 spiro atoms. The van der Waals surface area contributed by atoms with Crippen molar-refractivity contribution in [3.8, 4) is 5.75 Å². The molecule has 0 aromatic heterocycles. The van der Waals surface area contributed by atoms with Gasteiger partial charge in [0.25, 0.3) is 11.1 Å². The molecule has 4 rings (SSSR count). The fraction of sp³-hybridized carbons (Fsp3) is 0.414. The number of imide groups is 1. The minimum absolute atomic E-state index is 0.0818. The van der Waals surface area contributed by atoms with Crippen LogP contribution in [0.1, 0.15) is 64.5 Å². The van der Waals surface area contributed by atoms with Crippen LogP contribution in [0.4, 0.5) is 16.2 Å². The average Bonchev–Trinajstić information content (AvgIpc) is 3.10. The third-order valence-corrected chi connectivity index (χ3v) is 7.69. The number of anilines is 2. The Bertz CT molecular complexity index is 1220. The number of hydrogen-bond donors (Lipinski definition) is 1. The number of ether oxygens (including phenoxy) is 1. The monoisotopic (exact) mass is 521 g/mol. The normalized spacial score (nSPS) is 19.8. The molecule has 2 aromatic rings. The van der Waals surface area contributed by atoms with Gasteiger partial charge in [-0.15, -0.1) is 0 Å². The van der Waals surface area contributed by atoms with E-state index in [0.29, 0.717) is 28.9 Å². The summed E-state index contributed by atoms with van der Waals surface area (Å²) >= 11 is 0.871. The smallest absolute Gasteiger partial charge is 0.294 e. The van der Waals surface area contributed by atoms with E-state index < -0.39 is 17.1 Å². The lowest BCUT2D eigenvalue weighted by Crippen LogP contribution is -2.48. The maximum Gasteiger partial charge on any atom is 0.294 e. The molecule has 8 heteroatoms. The van der Waals surface area contributed by atoms with Crippen LogP contribution in [0.15, 0.2) is 47.4 Å². The molecule has 2 aliphatic rings. The van der Waals surface area contributed by atoms with Gasteiger partial charge in [-0.1, -0.05) is 19.9 Å². The largest absolute Gasteiger partial charge is 0.494 e. The highest BCUT2D eigenvalue weighted by Gasteiger charge is 2.38. The third-order valence-electron chi connectivity index (χ3n) is 6.78. The topological polar surface area (TPSA) is 79.0 Å². The van der Waals surface area contributed by atoms with Gasteiger partial charge in [0.1, 0.15) is 12.3 Å². The summed E-state index contributed by atoms with van der Waals surface area (Å²) in [6.45, 7) is 12.1. The SMILES string of the molecule is CCCN1c2ccc(/C=C3/SC(=O)N(CC(=O)Nc4ccc(OCC)cc4)C3=O)cc2C(C)CC1(C)C. The summed E-state index contributed by atoms with van der Waals surface area (Å²) in [5.74, 6) is 0.202. The van der Waals surface area contributed by atoms with Crippen LogP contribution in [0, 0.1) is 0 Å². The summed E-state index contributed by atoms with van der Waals surface area (Å²) in [7, 11) is 0. The highest BCUT2D eigenvalue weighted by molar-refractivity contribution is 8.18. The predicted octanol–water partition coefficient (Wildman–Crippen LogP) is 6.26. The minimum atomic E-state index is -0.448. The van der Waals surface area contributed by atoms with E-state index in [1.54, 1.807) is 30.3 Å². The maximum absolute atomic E-state index is 13.0. The average molecular weight is 522 g/mol. The van der Waals surface area contributed by atoms with Gasteiger partial charge in [-0.3, -0.25) is 19.3 Å². The van der Waals surface area contributed by atoms with Crippen LogP contribution in [-0.4, -0.2) is 47.2 Å². The van der Waals surface area contributed by atoms with Crippen LogP contribution < -0.4 is 15.0 Å².